The lowest BCUT2D eigenvalue weighted by atomic mass is 10.0. The number of rotatable bonds is 4. The Labute approximate surface area is 160 Å². The van der Waals surface area contributed by atoms with E-state index in [9.17, 15) is 4.79 Å². The van der Waals surface area contributed by atoms with Gasteiger partial charge in [-0.25, -0.2) is 4.98 Å². The number of anilines is 1. The van der Waals surface area contributed by atoms with Crippen molar-refractivity contribution < 1.29 is 4.74 Å². The first kappa shape index (κ1) is 18.0. The van der Waals surface area contributed by atoms with Crippen molar-refractivity contribution in [3.63, 3.8) is 0 Å². The van der Waals surface area contributed by atoms with Crippen molar-refractivity contribution in [3.05, 3.63) is 51.4 Å². The van der Waals surface area contributed by atoms with Crippen molar-refractivity contribution in [1.82, 2.24) is 14.9 Å². The van der Waals surface area contributed by atoms with Gasteiger partial charge in [-0.05, 0) is 38.7 Å². The highest BCUT2D eigenvalue weighted by atomic mass is 16.5. The van der Waals surface area contributed by atoms with Gasteiger partial charge in [0.2, 0.25) is 5.95 Å². The minimum absolute atomic E-state index is 0.0321. The number of methoxy groups -OCH3 is 1. The lowest BCUT2D eigenvalue weighted by Crippen LogP contribution is -2.41. The highest BCUT2D eigenvalue weighted by molar-refractivity contribution is 5.37. The van der Waals surface area contributed by atoms with Crippen LogP contribution in [0.4, 0.5) is 5.95 Å². The summed E-state index contributed by atoms with van der Waals surface area (Å²) in [5.41, 5.74) is 2.97. The van der Waals surface area contributed by atoms with E-state index in [1.165, 1.54) is 6.42 Å². The van der Waals surface area contributed by atoms with E-state index in [2.05, 4.69) is 27.8 Å². The summed E-state index contributed by atoms with van der Waals surface area (Å²) in [6.45, 7) is 5.54. The molecule has 1 aromatic heterocycles. The molecule has 0 spiro atoms. The van der Waals surface area contributed by atoms with Gasteiger partial charge >= 0.3 is 0 Å². The Morgan fingerprint density at radius 2 is 2.11 bits per heavy atom. The molecule has 0 saturated carbocycles. The quantitative estimate of drug-likeness (QED) is 0.899. The molecular formula is C21H28N4O2. The van der Waals surface area contributed by atoms with E-state index < -0.39 is 0 Å². The molecule has 2 aromatic rings. The molecule has 1 aromatic carbocycles. The highest BCUT2D eigenvalue weighted by Gasteiger charge is 2.25. The maximum absolute atomic E-state index is 12.6. The second kappa shape index (κ2) is 7.72. The zero-order valence-corrected chi connectivity index (χ0v) is 16.2. The molecule has 6 nitrogen and oxygen atoms in total. The fourth-order valence-electron chi connectivity index (χ4n) is 4.24. The zero-order chi connectivity index (χ0) is 18.8. The van der Waals surface area contributed by atoms with Crippen molar-refractivity contribution in [1.29, 1.82) is 0 Å². The molecule has 1 saturated heterocycles. The lowest BCUT2D eigenvalue weighted by molar-refractivity contribution is 0.237. The summed E-state index contributed by atoms with van der Waals surface area (Å²) in [5.74, 6) is 1.65. The standard InChI is InChI=1S/C21H28N4O2/c1-15-7-5-6-11-25(15)21-22-18-14-24(12-10-17(18)20(26)23-21)13-16-8-3-4-9-19(16)27-2/h3-4,8-9,15H,5-7,10-14H2,1-2H3,(H,22,23,26)/t15-/m0/s1. The molecule has 2 aliphatic rings. The molecule has 0 amide bonds. The van der Waals surface area contributed by atoms with Gasteiger partial charge in [-0.3, -0.25) is 14.7 Å². The van der Waals surface area contributed by atoms with Crippen molar-refractivity contribution in [2.24, 2.45) is 0 Å². The van der Waals surface area contributed by atoms with Crippen LogP contribution < -0.4 is 15.2 Å². The highest BCUT2D eigenvalue weighted by Crippen LogP contribution is 2.25. The molecule has 0 unspecified atom stereocenters. The van der Waals surface area contributed by atoms with Gasteiger partial charge in [0.25, 0.3) is 5.56 Å². The predicted molar refractivity (Wildman–Crippen MR) is 106 cm³/mol. The van der Waals surface area contributed by atoms with Crippen LogP contribution in [0.25, 0.3) is 0 Å². The smallest absolute Gasteiger partial charge is 0.255 e. The summed E-state index contributed by atoms with van der Waals surface area (Å²) in [4.78, 5) is 25.2. The summed E-state index contributed by atoms with van der Waals surface area (Å²) in [5, 5.41) is 0. The van der Waals surface area contributed by atoms with Gasteiger partial charge in [0, 0.05) is 43.3 Å². The van der Waals surface area contributed by atoms with E-state index in [-0.39, 0.29) is 5.56 Å². The minimum Gasteiger partial charge on any atom is -0.496 e. The van der Waals surface area contributed by atoms with Gasteiger partial charge in [0.1, 0.15) is 5.75 Å². The number of para-hydroxylation sites is 1. The topological polar surface area (TPSA) is 61.5 Å². The Hall–Kier alpha value is -2.34. The van der Waals surface area contributed by atoms with E-state index in [1.54, 1.807) is 7.11 Å². The monoisotopic (exact) mass is 368 g/mol. The normalized spacial score (nSPS) is 20.4. The first-order chi connectivity index (χ1) is 13.2. The SMILES string of the molecule is COc1ccccc1CN1CCc2c(nc(N3CCCC[C@@H]3C)[nH]c2=O)C1. The van der Waals surface area contributed by atoms with Crippen LogP contribution in [0.1, 0.15) is 43.0 Å². The third-order valence-electron chi connectivity index (χ3n) is 5.80. The maximum atomic E-state index is 12.6. The first-order valence-electron chi connectivity index (χ1n) is 9.88. The Kier molecular flexibility index (Phi) is 5.16. The van der Waals surface area contributed by atoms with E-state index in [4.69, 9.17) is 9.72 Å². The van der Waals surface area contributed by atoms with E-state index in [0.29, 0.717) is 12.6 Å². The molecule has 4 rings (SSSR count). The Morgan fingerprint density at radius 1 is 1.26 bits per heavy atom. The second-order valence-electron chi connectivity index (χ2n) is 7.63. The third kappa shape index (κ3) is 3.72. The number of fused-ring (bicyclic) bond motifs is 1. The number of ether oxygens (including phenoxy) is 1. The number of aromatic amines is 1. The summed E-state index contributed by atoms with van der Waals surface area (Å²) in [7, 11) is 1.71. The molecule has 1 N–H and O–H groups in total. The number of hydrogen-bond acceptors (Lipinski definition) is 5. The molecule has 6 heteroatoms. The van der Waals surface area contributed by atoms with Gasteiger partial charge in [-0.15, -0.1) is 0 Å². The van der Waals surface area contributed by atoms with Crippen LogP contribution in [0.15, 0.2) is 29.1 Å². The summed E-state index contributed by atoms with van der Waals surface area (Å²) < 4.78 is 5.48. The molecule has 27 heavy (non-hydrogen) atoms. The first-order valence-corrected chi connectivity index (χ1v) is 9.88. The van der Waals surface area contributed by atoms with Crippen molar-refractivity contribution in [2.75, 3.05) is 25.1 Å². The second-order valence-corrected chi connectivity index (χ2v) is 7.63. The number of hydrogen-bond donors (Lipinski definition) is 1. The molecule has 1 atom stereocenters. The average Bonchev–Trinajstić information content (AvgIpc) is 2.68. The number of nitrogens with zero attached hydrogens (tertiary/aromatic N) is 3. The van der Waals surface area contributed by atoms with Crippen LogP contribution in [0.2, 0.25) is 0 Å². The van der Waals surface area contributed by atoms with Crippen molar-refractivity contribution in [3.8, 4) is 5.75 Å². The van der Waals surface area contributed by atoms with E-state index in [1.807, 2.05) is 18.2 Å². The van der Waals surface area contributed by atoms with Gasteiger partial charge in [0.15, 0.2) is 0 Å². The Morgan fingerprint density at radius 3 is 2.93 bits per heavy atom. The van der Waals surface area contributed by atoms with E-state index >= 15 is 0 Å². The molecule has 3 heterocycles. The fourth-order valence-corrected chi connectivity index (χ4v) is 4.24. The van der Waals surface area contributed by atoms with Crippen LogP contribution in [-0.4, -0.2) is 41.1 Å². The zero-order valence-electron chi connectivity index (χ0n) is 16.2. The van der Waals surface area contributed by atoms with Crippen molar-refractivity contribution >= 4 is 5.95 Å². The van der Waals surface area contributed by atoms with Crippen LogP contribution in [0.5, 0.6) is 5.75 Å². The number of nitrogens with one attached hydrogen (secondary N) is 1. The van der Waals surface area contributed by atoms with Gasteiger partial charge < -0.3 is 9.64 Å². The largest absolute Gasteiger partial charge is 0.496 e. The average molecular weight is 368 g/mol. The molecule has 0 aliphatic carbocycles. The lowest BCUT2D eigenvalue weighted by Gasteiger charge is -2.35. The van der Waals surface area contributed by atoms with Gasteiger partial charge in [-0.2, -0.15) is 0 Å². The van der Waals surface area contributed by atoms with Gasteiger partial charge in [0.05, 0.1) is 12.8 Å². The maximum Gasteiger partial charge on any atom is 0.255 e. The van der Waals surface area contributed by atoms with Crippen LogP contribution in [-0.2, 0) is 19.5 Å². The van der Waals surface area contributed by atoms with Crippen LogP contribution in [0, 0.1) is 0 Å². The summed E-state index contributed by atoms with van der Waals surface area (Å²) in [6.07, 6.45) is 4.30. The van der Waals surface area contributed by atoms with Crippen molar-refractivity contribution in [2.45, 2.75) is 51.7 Å². The van der Waals surface area contributed by atoms with E-state index in [0.717, 1.165) is 67.4 Å². The molecule has 1 fully saturated rings. The minimum atomic E-state index is 0.0321. The number of benzene rings is 1. The third-order valence-corrected chi connectivity index (χ3v) is 5.80. The van der Waals surface area contributed by atoms with Crippen LogP contribution >= 0.6 is 0 Å². The molecular weight excluding hydrogens is 340 g/mol. The molecule has 0 bridgehead atoms. The number of H-pyrrole nitrogens is 1. The molecule has 0 radical (unpaired) electrons. The molecule has 144 valence electrons. The molecule has 2 aliphatic heterocycles. The number of piperidine rings is 1. The van der Waals surface area contributed by atoms with Gasteiger partial charge in [-0.1, -0.05) is 18.2 Å². The predicted octanol–water partition coefficient (Wildman–Crippen LogP) is 2.72. The van der Waals surface area contributed by atoms with Crippen LogP contribution in [0.3, 0.4) is 0 Å². The Bertz CT molecular complexity index is 864. The summed E-state index contributed by atoms with van der Waals surface area (Å²) >= 11 is 0. The fraction of sp³-hybridized carbons (Fsp3) is 0.524. The summed E-state index contributed by atoms with van der Waals surface area (Å²) in [6, 6.07) is 8.54. The Balaban J connectivity index is 1.57. The number of aromatic nitrogens is 2.